The Balaban J connectivity index is 1.37. The fraction of sp³-hybridized carbons (Fsp3) is 0.516. The van der Waals surface area contributed by atoms with E-state index < -0.39 is 0 Å². The third-order valence-electron chi connectivity index (χ3n) is 10.4. The van der Waals surface area contributed by atoms with E-state index in [-0.39, 0.29) is 28.9 Å². The molecule has 1 amide bonds. The van der Waals surface area contributed by atoms with E-state index in [1.54, 1.807) is 13.2 Å². The number of hydrogen-bond acceptors (Lipinski definition) is 3. The molecule has 1 saturated carbocycles. The number of hydrogen-bond donors (Lipinski definition) is 0. The summed E-state index contributed by atoms with van der Waals surface area (Å²) in [4.78, 5) is 15.4. The highest BCUT2D eigenvalue weighted by Gasteiger charge is 2.74. The number of quaternary nitrogens is 1. The van der Waals surface area contributed by atoms with Gasteiger partial charge in [0.25, 0.3) is 0 Å². The molecular weight excluding hydrogens is 448 g/mol. The maximum atomic E-state index is 13.5. The van der Waals surface area contributed by atoms with Crippen molar-refractivity contribution in [2.45, 2.75) is 63.1 Å². The van der Waals surface area contributed by atoms with Crippen molar-refractivity contribution in [3.63, 3.8) is 0 Å². The molecule has 0 N–H and O–H groups in total. The number of rotatable bonds is 4. The predicted molar refractivity (Wildman–Crippen MR) is 142 cm³/mol. The van der Waals surface area contributed by atoms with E-state index in [0.29, 0.717) is 6.04 Å². The highest BCUT2D eigenvalue weighted by molar-refractivity contribution is 5.92. The fourth-order valence-electron chi connectivity index (χ4n) is 8.43. The van der Waals surface area contributed by atoms with Crippen molar-refractivity contribution < 1.29 is 18.8 Å². The van der Waals surface area contributed by atoms with Crippen molar-refractivity contribution in [1.29, 1.82) is 0 Å². The Labute approximate surface area is 215 Å². The second kappa shape index (κ2) is 7.85. The lowest BCUT2D eigenvalue weighted by molar-refractivity contribution is -0.932. The summed E-state index contributed by atoms with van der Waals surface area (Å²) in [6, 6.07) is 13.0. The van der Waals surface area contributed by atoms with Crippen LogP contribution < -0.4 is 9.47 Å². The van der Waals surface area contributed by atoms with Crippen LogP contribution in [-0.4, -0.2) is 68.3 Å². The molecule has 2 heterocycles. The molecule has 36 heavy (non-hydrogen) atoms. The molecule has 5 heteroatoms. The predicted octanol–water partition coefficient (Wildman–Crippen LogP) is 4.75. The van der Waals surface area contributed by atoms with Crippen molar-refractivity contribution >= 4 is 12.0 Å². The van der Waals surface area contributed by atoms with Crippen molar-refractivity contribution in [1.82, 2.24) is 4.90 Å². The summed E-state index contributed by atoms with van der Waals surface area (Å²) in [7, 11) is 8.45. The summed E-state index contributed by atoms with van der Waals surface area (Å²) in [6.45, 7) is 5.86. The van der Waals surface area contributed by atoms with Crippen LogP contribution in [-0.2, 0) is 16.6 Å². The smallest absolute Gasteiger partial charge is 0.246 e. The minimum Gasteiger partial charge on any atom is -0.497 e. The van der Waals surface area contributed by atoms with Crippen LogP contribution in [0.1, 0.15) is 48.4 Å². The van der Waals surface area contributed by atoms with Crippen LogP contribution in [0.4, 0.5) is 0 Å². The fourth-order valence-corrected chi connectivity index (χ4v) is 8.43. The lowest BCUT2D eigenvalue weighted by Gasteiger charge is -2.66. The van der Waals surface area contributed by atoms with Crippen LogP contribution >= 0.6 is 0 Å². The van der Waals surface area contributed by atoms with Gasteiger partial charge in [-0.25, -0.2) is 0 Å². The molecule has 0 aromatic heterocycles. The van der Waals surface area contributed by atoms with Crippen molar-refractivity contribution in [3.05, 3.63) is 64.7 Å². The molecule has 2 aromatic rings. The number of methoxy groups -OCH3 is 1. The lowest BCUT2D eigenvalue weighted by atomic mass is 9.43. The van der Waals surface area contributed by atoms with Crippen LogP contribution in [0.2, 0.25) is 0 Å². The average molecular weight is 488 g/mol. The molecule has 190 valence electrons. The van der Waals surface area contributed by atoms with E-state index >= 15 is 0 Å². The zero-order chi connectivity index (χ0) is 25.5. The Bertz CT molecular complexity index is 1270. The number of piperidine rings is 1. The zero-order valence-corrected chi connectivity index (χ0v) is 22.5. The van der Waals surface area contributed by atoms with E-state index in [1.165, 1.54) is 16.7 Å². The molecule has 2 aromatic carbocycles. The number of carbonyl (C=O) groups is 1. The number of amides is 1. The minimum atomic E-state index is -0.0334. The third kappa shape index (κ3) is 3.01. The molecule has 6 rings (SSSR count). The SMILES string of the molecule is COc1cccc(/C=C/C(=O)N(C)C2CC[C@@]3(C)[C@@H]4Cc5ccc(C)c6c5[C@@]3(CC[N+]4(C)C)C2O6)c1. The molecule has 5 nitrogen and oxygen atoms in total. The van der Waals surface area contributed by atoms with E-state index in [2.05, 4.69) is 40.1 Å². The number of ether oxygens (including phenoxy) is 2. The van der Waals surface area contributed by atoms with Crippen LogP contribution in [0.25, 0.3) is 6.08 Å². The van der Waals surface area contributed by atoms with E-state index in [0.717, 1.165) is 53.8 Å². The Morgan fingerprint density at radius 1 is 1.22 bits per heavy atom. The number of aryl methyl sites for hydroxylation is 1. The topological polar surface area (TPSA) is 38.8 Å². The monoisotopic (exact) mass is 487 g/mol. The molecule has 2 unspecified atom stereocenters. The number of nitrogens with zero attached hydrogens (tertiary/aromatic N) is 2. The first-order chi connectivity index (χ1) is 17.1. The summed E-state index contributed by atoms with van der Waals surface area (Å²) in [6.07, 6.45) is 7.89. The van der Waals surface area contributed by atoms with Gasteiger partial charge in [0.2, 0.25) is 5.91 Å². The number of carbonyl (C=O) groups excluding carboxylic acids is 1. The highest BCUT2D eigenvalue weighted by atomic mass is 16.5. The second-order valence-electron chi connectivity index (χ2n) is 12.3. The summed E-state index contributed by atoms with van der Waals surface area (Å²) in [5, 5.41) is 0. The van der Waals surface area contributed by atoms with E-state index in [1.807, 2.05) is 42.3 Å². The third-order valence-corrected chi connectivity index (χ3v) is 10.4. The first-order valence-electron chi connectivity index (χ1n) is 13.3. The maximum absolute atomic E-state index is 13.5. The second-order valence-corrected chi connectivity index (χ2v) is 12.3. The number of likely N-dealkylation sites (N-methyl/N-ethyl adjacent to an activating group) is 2. The quantitative estimate of drug-likeness (QED) is 0.462. The van der Waals surface area contributed by atoms with Gasteiger partial charge in [-0.15, -0.1) is 0 Å². The van der Waals surface area contributed by atoms with Gasteiger partial charge in [-0.2, -0.15) is 0 Å². The van der Waals surface area contributed by atoms with Gasteiger partial charge >= 0.3 is 0 Å². The van der Waals surface area contributed by atoms with E-state index in [9.17, 15) is 4.79 Å². The first-order valence-corrected chi connectivity index (χ1v) is 13.3. The van der Waals surface area contributed by atoms with Gasteiger partial charge in [0.05, 0.1) is 45.2 Å². The molecule has 0 radical (unpaired) electrons. The Morgan fingerprint density at radius 2 is 2.03 bits per heavy atom. The molecule has 5 atom stereocenters. The lowest BCUT2D eigenvalue weighted by Crippen LogP contribution is -2.76. The normalized spacial score (nSPS) is 33.1. The van der Waals surface area contributed by atoms with Crippen LogP contribution in [0.15, 0.2) is 42.5 Å². The minimum absolute atomic E-state index is 0.00614. The van der Waals surface area contributed by atoms with Gasteiger partial charge in [0, 0.05) is 36.9 Å². The summed E-state index contributed by atoms with van der Waals surface area (Å²) in [5.41, 5.74) is 5.25. The van der Waals surface area contributed by atoms with Gasteiger partial charge in [-0.3, -0.25) is 4.79 Å². The first kappa shape index (κ1) is 23.6. The molecule has 4 aliphatic rings. The van der Waals surface area contributed by atoms with Crippen LogP contribution in [0.5, 0.6) is 11.5 Å². The van der Waals surface area contributed by atoms with Crippen molar-refractivity contribution in [2.24, 2.45) is 5.41 Å². The Hall–Kier alpha value is -2.79. The van der Waals surface area contributed by atoms with Crippen LogP contribution in [0, 0.1) is 12.3 Å². The van der Waals surface area contributed by atoms with Gasteiger partial charge < -0.3 is 18.9 Å². The zero-order valence-electron chi connectivity index (χ0n) is 22.5. The van der Waals surface area contributed by atoms with Crippen molar-refractivity contribution in [2.75, 3.05) is 34.8 Å². The summed E-state index contributed by atoms with van der Waals surface area (Å²) < 4.78 is 13.4. The molecular formula is C31H39N2O3+. The number of benzene rings is 2. The molecule has 1 saturated heterocycles. The largest absolute Gasteiger partial charge is 0.497 e. The van der Waals surface area contributed by atoms with Crippen molar-refractivity contribution in [3.8, 4) is 11.5 Å². The Kier molecular flexibility index (Phi) is 5.15. The number of likely N-dealkylation sites (tertiary alicyclic amines) is 1. The summed E-state index contributed by atoms with van der Waals surface area (Å²) in [5.74, 6) is 1.92. The molecule has 2 bridgehead atoms. The Morgan fingerprint density at radius 3 is 2.81 bits per heavy atom. The van der Waals surface area contributed by atoms with Gasteiger partial charge in [-0.1, -0.05) is 31.2 Å². The molecule has 2 fully saturated rings. The standard InChI is InChI=1S/C31H39N2O3/c1-20-10-12-22-19-25-30(2)15-14-24(29-31(30,16-17-33(25,4)5)27(22)28(20)36-29)32(3)26(34)13-11-21-8-7-9-23(18-21)35-6/h7-13,18,24-25,29H,14-17,19H2,1-6H3/q+1/b13-11+/t24?,25-,29?,30-,31-/m0/s1. The van der Waals surface area contributed by atoms with Gasteiger partial charge in [-0.05, 0) is 54.7 Å². The van der Waals surface area contributed by atoms with E-state index in [4.69, 9.17) is 9.47 Å². The highest BCUT2D eigenvalue weighted by Crippen LogP contribution is 2.69. The van der Waals surface area contributed by atoms with Gasteiger partial charge in [0.1, 0.15) is 17.6 Å². The molecule has 2 aliphatic carbocycles. The summed E-state index contributed by atoms with van der Waals surface area (Å²) >= 11 is 0. The van der Waals surface area contributed by atoms with Gasteiger partial charge in [0.15, 0.2) is 0 Å². The maximum Gasteiger partial charge on any atom is 0.246 e. The molecule has 1 spiro atoms. The van der Waals surface area contributed by atoms with Crippen LogP contribution in [0.3, 0.4) is 0 Å². The molecule has 2 aliphatic heterocycles. The average Bonchev–Trinajstić information content (AvgIpc) is 3.22.